The number of anilines is 1. The summed E-state index contributed by atoms with van der Waals surface area (Å²) in [4.78, 5) is 10.3. The van der Waals surface area contributed by atoms with Gasteiger partial charge in [0, 0.05) is 18.1 Å². The Morgan fingerprint density at radius 1 is 1.35 bits per heavy atom. The Bertz CT molecular complexity index is 687. The van der Waals surface area contributed by atoms with Crippen molar-refractivity contribution in [3.63, 3.8) is 0 Å². The van der Waals surface area contributed by atoms with E-state index in [-0.39, 0.29) is 0 Å². The second-order valence-corrected chi connectivity index (χ2v) is 5.86. The molecule has 5 heteroatoms. The molecule has 3 aromatic heterocycles. The predicted molar refractivity (Wildman–Crippen MR) is 84.1 cm³/mol. The van der Waals surface area contributed by atoms with Crippen molar-refractivity contribution in [2.75, 3.05) is 5.32 Å². The molecule has 104 valence electrons. The fourth-order valence-corrected chi connectivity index (χ4v) is 3.21. The van der Waals surface area contributed by atoms with E-state index in [1.54, 1.807) is 11.3 Å². The summed E-state index contributed by atoms with van der Waals surface area (Å²) in [5, 5.41) is 5.68. The van der Waals surface area contributed by atoms with Crippen LogP contribution in [0.4, 0.5) is 5.82 Å². The molecule has 3 aromatic rings. The van der Waals surface area contributed by atoms with Crippen LogP contribution in [0.2, 0.25) is 0 Å². The smallest absolute Gasteiger partial charge is 0.154 e. The van der Waals surface area contributed by atoms with E-state index in [1.807, 2.05) is 30.2 Å². The van der Waals surface area contributed by atoms with E-state index in [1.165, 1.54) is 4.88 Å². The van der Waals surface area contributed by atoms with Crippen LogP contribution in [0.5, 0.6) is 0 Å². The number of aryl methyl sites for hydroxylation is 1. The van der Waals surface area contributed by atoms with Gasteiger partial charge in [-0.3, -0.25) is 0 Å². The molecule has 3 heterocycles. The van der Waals surface area contributed by atoms with Crippen molar-refractivity contribution in [2.45, 2.75) is 25.8 Å². The zero-order valence-corrected chi connectivity index (χ0v) is 12.5. The Balaban J connectivity index is 1.94. The summed E-state index contributed by atoms with van der Waals surface area (Å²) in [7, 11) is 2.00. The van der Waals surface area contributed by atoms with Crippen LogP contribution in [0.15, 0.2) is 36.1 Å². The molecule has 0 aromatic carbocycles. The van der Waals surface area contributed by atoms with E-state index in [9.17, 15) is 0 Å². The van der Waals surface area contributed by atoms with Crippen LogP contribution in [-0.4, -0.2) is 14.5 Å². The number of aromatic nitrogens is 3. The van der Waals surface area contributed by atoms with Crippen LogP contribution in [0, 0.1) is 0 Å². The molecular formula is C15H18N4S. The lowest BCUT2D eigenvalue weighted by atomic mass is 10.1. The van der Waals surface area contributed by atoms with Gasteiger partial charge in [-0.25, -0.2) is 9.97 Å². The Kier molecular flexibility index (Phi) is 3.69. The van der Waals surface area contributed by atoms with E-state index in [0.29, 0.717) is 6.04 Å². The topological polar surface area (TPSA) is 42.7 Å². The molecule has 4 nitrogen and oxygen atoms in total. The maximum absolute atomic E-state index is 4.47. The van der Waals surface area contributed by atoms with E-state index in [2.05, 4.69) is 39.7 Å². The first kappa shape index (κ1) is 13.1. The summed E-state index contributed by atoms with van der Waals surface area (Å²) in [6.07, 6.45) is 5.89. The standard InChI is InChI=1S/C15H18N4S/c1-3-5-11(13-6-4-9-20-13)18-15-14-12(7-8-16-15)19(2)10-17-14/h4,6-11H,3,5H2,1-2H3,(H,16,18). The fraction of sp³-hybridized carbons (Fsp3) is 0.333. The summed E-state index contributed by atoms with van der Waals surface area (Å²) < 4.78 is 2.02. The summed E-state index contributed by atoms with van der Waals surface area (Å²) in [5.74, 6) is 0.870. The first-order valence-corrected chi connectivity index (χ1v) is 7.73. The molecule has 0 aliphatic carbocycles. The average molecular weight is 286 g/mol. The summed E-state index contributed by atoms with van der Waals surface area (Å²) in [6.45, 7) is 2.21. The van der Waals surface area contributed by atoms with Gasteiger partial charge in [0.05, 0.1) is 17.9 Å². The average Bonchev–Trinajstić information content (AvgIpc) is 3.09. The second kappa shape index (κ2) is 5.63. The van der Waals surface area contributed by atoms with E-state index < -0.39 is 0 Å². The van der Waals surface area contributed by atoms with Crippen molar-refractivity contribution in [1.29, 1.82) is 0 Å². The van der Waals surface area contributed by atoms with Crippen LogP contribution in [0.3, 0.4) is 0 Å². The van der Waals surface area contributed by atoms with Crippen molar-refractivity contribution in [1.82, 2.24) is 14.5 Å². The van der Waals surface area contributed by atoms with Crippen molar-refractivity contribution >= 4 is 28.2 Å². The Morgan fingerprint density at radius 2 is 2.25 bits per heavy atom. The van der Waals surface area contributed by atoms with Gasteiger partial charge in [-0.1, -0.05) is 19.4 Å². The lowest BCUT2D eigenvalue weighted by Crippen LogP contribution is -2.10. The number of pyridine rings is 1. The number of imidazole rings is 1. The van der Waals surface area contributed by atoms with Crippen molar-refractivity contribution in [2.24, 2.45) is 7.05 Å². The van der Waals surface area contributed by atoms with Crippen LogP contribution in [0.1, 0.15) is 30.7 Å². The normalized spacial score (nSPS) is 12.7. The number of hydrogen-bond donors (Lipinski definition) is 1. The van der Waals surface area contributed by atoms with Crippen LogP contribution in [-0.2, 0) is 7.05 Å². The van der Waals surface area contributed by atoms with E-state index in [0.717, 1.165) is 29.7 Å². The van der Waals surface area contributed by atoms with E-state index in [4.69, 9.17) is 0 Å². The molecular weight excluding hydrogens is 268 g/mol. The number of nitrogens with zero attached hydrogens (tertiary/aromatic N) is 3. The van der Waals surface area contributed by atoms with Gasteiger partial charge in [0.1, 0.15) is 5.52 Å². The summed E-state index contributed by atoms with van der Waals surface area (Å²) in [5.41, 5.74) is 2.04. The minimum absolute atomic E-state index is 0.306. The number of rotatable bonds is 5. The first-order valence-electron chi connectivity index (χ1n) is 6.85. The Hall–Kier alpha value is -1.88. The van der Waals surface area contributed by atoms with Gasteiger partial charge < -0.3 is 9.88 Å². The molecule has 0 aliphatic heterocycles. The van der Waals surface area contributed by atoms with Crippen molar-refractivity contribution in [3.05, 3.63) is 41.0 Å². The molecule has 1 unspecified atom stereocenters. The van der Waals surface area contributed by atoms with Crippen molar-refractivity contribution in [3.8, 4) is 0 Å². The van der Waals surface area contributed by atoms with Gasteiger partial charge in [0.25, 0.3) is 0 Å². The third kappa shape index (κ3) is 2.41. The summed E-state index contributed by atoms with van der Waals surface area (Å²) in [6, 6.07) is 6.57. The maximum Gasteiger partial charge on any atom is 0.154 e. The highest BCUT2D eigenvalue weighted by molar-refractivity contribution is 7.10. The molecule has 0 saturated carbocycles. The molecule has 1 atom stereocenters. The largest absolute Gasteiger partial charge is 0.361 e. The van der Waals surface area contributed by atoms with Gasteiger partial charge in [-0.15, -0.1) is 11.3 Å². The number of thiophene rings is 1. The molecule has 0 saturated heterocycles. The van der Waals surface area contributed by atoms with Gasteiger partial charge in [-0.2, -0.15) is 0 Å². The first-order chi connectivity index (χ1) is 9.79. The second-order valence-electron chi connectivity index (χ2n) is 4.88. The SMILES string of the molecule is CCCC(Nc1nccc2c1ncn2C)c1cccs1. The predicted octanol–water partition coefficient (Wildman–Crippen LogP) is 3.98. The molecule has 1 N–H and O–H groups in total. The Morgan fingerprint density at radius 3 is 3.00 bits per heavy atom. The molecule has 0 aliphatic rings. The molecule has 0 bridgehead atoms. The van der Waals surface area contributed by atoms with Gasteiger partial charge >= 0.3 is 0 Å². The third-order valence-corrected chi connectivity index (χ3v) is 4.40. The van der Waals surface area contributed by atoms with Gasteiger partial charge in [0.15, 0.2) is 5.82 Å². The van der Waals surface area contributed by atoms with Gasteiger partial charge in [0.2, 0.25) is 0 Å². The molecule has 20 heavy (non-hydrogen) atoms. The number of hydrogen-bond acceptors (Lipinski definition) is 4. The Labute approximate surface area is 122 Å². The lowest BCUT2D eigenvalue weighted by molar-refractivity contribution is 0.685. The van der Waals surface area contributed by atoms with Crippen LogP contribution < -0.4 is 5.32 Å². The maximum atomic E-state index is 4.47. The highest BCUT2D eigenvalue weighted by Gasteiger charge is 2.15. The fourth-order valence-electron chi connectivity index (χ4n) is 2.40. The van der Waals surface area contributed by atoms with Crippen LogP contribution in [0.25, 0.3) is 11.0 Å². The molecule has 3 rings (SSSR count). The highest BCUT2D eigenvalue weighted by atomic mass is 32.1. The molecule has 0 radical (unpaired) electrons. The molecule has 0 fully saturated rings. The summed E-state index contributed by atoms with van der Waals surface area (Å²) >= 11 is 1.78. The highest BCUT2D eigenvalue weighted by Crippen LogP contribution is 2.29. The van der Waals surface area contributed by atoms with E-state index >= 15 is 0 Å². The molecule has 0 amide bonds. The molecule has 0 spiro atoms. The third-order valence-electron chi connectivity index (χ3n) is 3.42. The zero-order valence-electron chi connectivity index (χ0n) is 11.7. The van der Waals surface area contributed by atoms with Crippen LogP contribution >= 0.6 is 11.3 Å². The number of fused-ring (bicyclic) bond motifs is 1. The monoisotopic (exact) mass is 286 g/mol. The lowest BCUT2D eigenvalue weighted by Gasteiger charge is -2.17. The number of nitrogens with one attached hydrogen (secondary N) is 1. The quantitative estimate of drug-likeness (QED) is 0.771. The van der Waals surface area contributed by atoms with Gasteiger partial charge in [-0.05, 0) is 23.9 Å². The zero-order chi connectivity index (χ0) is 13.9. The minimum atomic E-state index is 0.306. The van der Waals surface area contributed by atoms with Crippen molar-refractivity contribution < 1.29 is 0 Å². The minimum Gasteiger partial charge on any atom is -0.361 e.